The quantitative estimate of drug-likeness (QED) is 0.639. The molecule has 1 aromatic heterocycles. The molecule has 1 saturated carbocycles. The third-order valence-corrected chi connectivity index (χ3v) is 5.78. The Labute approximate surface area is 188 Å². The first-order valence-electron chi connectivity index (χ1n) is 9.97. The summed E-state index contributed by atoms with van der Waals surface area (Å²) in [5, 5.41) is 6.46. The third kappa shape index (κ3) is 6.22. The number of rotatable bonds is 6. The molecule has 0 spiro atoms. The van der Waals surface area contributed by atoms with E-state index in [4.69, 9.17) is 11.6 Å². The summed E-state index contributed by atoms with van der Waals surface area (Å²) in [6.07, 6.45) is 6.05. The summed E-state index contributed by atoms with van der Waals surface area (Å²) in [7, 11) is 4.07. The van der Waals surface area contributed by atoms with Crippen LogP contribution in [0.3, 0.4) is 0 Å². The van der Waals surface area contributed by atoms with Crippen molar-refractivity contribution < 1.29 is 9.18 Å². The van der Waals surface area contributed by atoms with Crippen LogP contribution in [-0.2, 0) is 0 Å². The van der Waals surface area contributed by atoms with E-state index in [9.17, 15) is 9.18 Å². The van der Waals surface area contributed by atoms with Crippen LogP contribution in [0.2, 0.25) is 5.02 Å². The molecule has 0 aliphatic heterocycles. The van der Waals surface area contributed by atoms with Gasteiger partial charge in [0.15, 0.2) is 0 Å². The van der Waals surface area contributed by atoms with Gasteiger partial charge in [-0.3, -0.25) is 4.79 Å². The Morgan fingerprint density at radius 3 is 2.57 bits per heavy atom. The number of aromatic nitrogens is 1. The van der Waals surface area contributed by atoms with Crippen molar-refractivity contribution in [2.75, 3.05) is 30.9 Å². The number of amides is 1. The minimum atomic E-state index is -0.519. The number of aryl methyl sites for hydroxylation is 1. The molecule has 30 heavy (non-hydrogen) atoms. The molecule has 0 atom stereocenters. The number of carbonyl (C=O) groups excluding carboxylic acids is 1. The maximum absolute atomic E-state index is 13.2. The zero-order valence-electron chi connectivity index (χ0n) is 17.5. The van der Waals surface area contributed by atoms with Gasteiger partial charge >= 0.3 is 0 Å². The Bertz CT molecular complexity index is 870. The molecule has 5 nitrogen and oxygen atoms in total. The maximum Gasteiger partial charge on any atom is 0.251 e. The lowest BCUT2D eigenvalue weighted by Gasteiger charge is -2.30. The number of nitrogens with zero attached hydrogens (tertiary/aromatic N) is 2. The van der Waals surface area contributed by atoms with E-state index in [0.717, 1.165) is 37.1 Å². The smallest absolute Gasteiger partial charge is 0.251 e. The summed E-state index contributed by atoms with van der Waals surface area (Å²) in [6, 6.07) is 6.52. The lowest BCUT2D eigenvalue weighted by atomic mass is 9.86. The van der Waals surface area contributed by atoms with Crippen molar-refractivity contribution in [1.82, 2.24) is 10.3 Å². The molecule has 1 aliphatic carbocycles. The van der Waals surface area contributed by atoms with Gasteiger partial charge in [-0.05, 0) is 62.3 Å². The van der Waals surface area contributed by atoms with Gasteiger partial charge in [0, 0.05) is 50.2 Å². The summed E-state index contributed by atoms with van der Waals surface area (Å²) < 4.78 is 13.2. The van der Waals surface area contributed by atoms with Crippen LogP contribution in [-0.4, -0.2) is 37.6 Å². The number of halogens is 3. The van der Waals surface area contributed by atoms with E-state index in [1.807, 2.05) is 20.3 Å². The molecule has 0 bridgehead atoms. The van der Waals surface area contributed by atoms with Crippen molar-refractivity contribution in [2.45, 2.75) is 38.6 Å². The summed E-state index contributed by atoms with van der Waals surface area (Å²) in [5.74, 6) is 0.613. The topological polar surface area (TPSA) is 57.3 Å². The normalized spacial score (nSPS) is 18.3. The SMILES string of the molecule is Cc1cnc(N[C@H]2CC[C@@H](CNC(=O)c3ccc(F)c(Cl)c3)CC2)cc1N(C)C.Cl. The number of pyridine rings is 1. The predicted molar refractivity (Wildman–Crippen MR) is 124 cm³/mol. The Hall–Kier alpha value is -2.05. The molecule has 2 N–H and O–H groups in total. The van der Waals surface area contributed by atoms with E-state index in [1.54, 1.807) is 0 Å². The minimum absolute atomic E-state index is 0. The van der Waals surface area contributed by atoms with Crippen molar-refractivity contribution in [3.8, 4) is 0 Å². The van der Waals surface area contributed by atoms with Crippen LogP contribution in [0.1, 0.15) is 41.6 Å². The van der Waals surface area contributed by atoms with E-state index in [-0.39, 0.29) is 23.3 Å². The summed E-state index contributed by atoms with van der Waals surface area (Å²) in [5.41, 5.74) is 2.70. The number of benzene rings is 1. The molecule has 8 heteroatoms. The van der Waals surface area contributed by atoms with Crippen molar-refractivity contribution in [1.29, 1.82) is 0 Å². The molecule has 1 heterocycles. The van der Waals surface area contributed by atoms with Crippen molar-refractivity contribution in [3.05, 3.63) is 52.4 Å². The fourth-order valence-electron chi connectivity index (χ4n) is 3.77. The highest BCUT2D eigenvalue weighted by molar-refractivity contribution is 6.31. The first-order chi connectivity index (χ1) is 13.8. The first-order valence-corrected chi connectivity index (χ1v) is 10.3. The van der Waals surface area contributed by atoms with Crippen LogP contribution < -0.4 is 15.5 Å². The molecular formula is C22H29Cl2FN4O. The highest BCUT2D eigenvalue weighted by atomic mass is 35.5. The monoisotopic (exact) mass is 454 g/mol. The standard InChI is InChI=1S/C22H28ClFN4O.ClH/c1-14-12-25-21(11-20(14)28(2)3)27-17-7-4-15(5-8-17)13-26-22(29)16-6-9-19(24)18(23)10-16;/h6,9-12,15,17H,4-5,7-8,13H2,1-3H3,(H,25,27)(H,26,29);1H/t15-,17+;. The zero-order valence-corrected chi connectivity index (χ0v) is 19.1. The Morgan fingerprint density at radius 2 is 1.93 bits per heavy atom. The Balaban J connectivity index is 0.00000320. The van der Waals surface area contributed by atoms with Gasteiger partial charge < -0.3 is 15.5 Å². The largest absolute Gasteiger partial charge is 0.377 e. The van der Waals surface area contributed by atoms with Crippen LogP contribution in [0.25, 0.3) is 0 Å². The van der Waals surface area contributed by atoms with Crippen LogP contribution in [0.4, 0.5) is 15.9 Å². The molecular weight excluding hydrogens is 426 g/mol. The van der Waals surface area contributed by atoms with Gasteiger partial charge in [0.2, 0.25) is 0 Å². The predicted octanol–water partition coefficient (Wildman–Crippen LogP) is 5.07. The van der Waals surface area contributed by atoms with Crippen LogP contribution in [0.15, 0.2) is 30.5 Å². The zero-order chi connectivity index (χ0) is 21.0. The average Bonchev–Trinajstić information content (AvgIpc) is 2.70. The lowest BCUT2D eigenvalue weighted by Crippen LogP contribution is -2.34. The molecule has 0 radical (unpaired) electrons. The molecule has 1 amide bonds. The fraction of sp³-hybridized carbons (Fsp3) is 0.455. The highest BCUT2D eigenvalue weighted by Gasteiger charge is 2.22. The number of hydrogen-bond acceptors (Lipinski definition) is 4. The van der Waals surface area contributed by atoms with Crippen molar-refractivity contribution in [2.24, 2.45) is 5.92 Å². The van der Waals surface area contributed by atoms with Gasteiger partial charge in [-0.15, -0.1) is 12.4 Å². The van der Waals surface area contributed by atoms with Crippen molar-refractivity contribution in [3.63, 3.8) is 0 Å². The molecule has 1 aromatic carbocycles. The third-order valence-electron chi connectivity index (χ3n) is 5.49. The van der Waals surface area contributed by atoms with Crippen LogP contribution in [0, 0.1) is 18.7 Å². The second kappa shape index (κ2) is 10.8. The van der Waals surface area contributed by atoms with Gasteiger partial charge in [-0.2, -0.15) is 0 Å². The first kappa shape index (κ1) is 24.2. The minimum Gasteiger partial charge on any atom is -0.377 e. The second-order valence-corrected chi connectivity index (χ2v) is 8.36. The summed E-state index contributed by atoms with van der Waals surface area (Å²) >= 11 is 5.76. The number of carbonyl (C=O) groups is 1. The van der Waals surface area contributed by atoms with Gasteiger partial charge in [0.05, 0.1) is 5.02 Å². The molecule has 0 saturated heterocycles. The van der Waals surface area contributed by atoms with Gasteiger partial charge in [0.1, 0.15) is 11.6 Å². The van der Waals surface area contributed by atoms with E-state index < -0.39 is 5.82 Å². The van der Waals surface area contributed by atoms with Crippen molar-refractivity contribution >= 4 is 41.4 Å². The summed E-state index contributed by atoms with van der Waals surface area (Å²) in [4.78, 5) is 18.9. The van der Waals surface area contributed by atoms with E-state index in [2.05, 4.69) is 33.5 Å². The molecule has 2 aromatic rings. The second-order valence-electron chi connectivity index (χ2n) is 7.95. The molecule has 0 unspecified atom stereocenters. The lowest BCUT2D eigenvalue weighted by molar-refractivity contribution is 0.0943. The Morgan fingerprint density at radius 1 is 1.23 bits per heavy atom. The average molecular weight is 455 g/mol. The van der Waals surface area contributed by atoms with Gasteiger partial charge in [-0.1, -0.05) is 11.6 Å². The Kier molecular flexibility index (Phi) is 8.74. The van der Waals surface area contributed by atoms with Crippen LogP contribution >= 0.6 is 24.0 Å². The fourth-order valence-corrected chi connectivity index (χ4v) is 3.95. The highest BCUT2D eigenvalue weighted by Crippen LogP contribution is 2.27. The number of hydrogen-bond donors (Lipinski definition) is 2. The molecule has 1 fully saturated rings. The number of anilines is 2. The molecule has 1 aliphatic rings. The van der Waals surface area contributed by atoms with Gasteiger partial charge in [0.25, 0.3) is 5.91 Å². The van der Waals surface area contributed by atoms with Crippen LogP contribution in [0.5, 0.6) is 0 Å². The number of nitrogens with one attached hydrogen (secondary N) is 2. The summed E-state index contributed by atoms with van der Waals surface area (Å²) in [6.45, 7) is 2.68. The van der Waals surface area contributed by atoms with E-state index in [1.165, 1.54) is 23.9 Å². The maximum atomic E-state index is 13.2. The molecule has 3 rings (SSSR count). The van der Waals surface area contributed by atoms with E-state index in [0.29, 0.717) is 24.1 Å². The van der Waals surface area contributed by atoms with Gasteiger partial charge in [-0.25, -0.2) is 9.37 Å². The molecule has 164 valence electrons. The van der Waals surface area contributed by atoms with E-state index >= 15 is 0 Å².